The number of benzene rings is 1. The number of carbonyl (C=O) groups excluding carboxylic acids is 1. The van der Waals surface area contributed by atoms with Gasteiger partial charge in [-0.2, -0.15) is 13.2 Å². The van der Waals surface area contributed by atoms with Crippen LogP contribution < -0.4 is 0 Å². The molecule has 100 valence electrons. The van der Waals surface area contributed by atoms with E-state index in [9.17, 15) is 18.0 Å². The number of ether oxygens (including phenoxy) is 1. The van der Waals surface area contributed by atoms with Crippen LogP contribution in [0.2, 0.25) is 0 Å². The van der Waals surface area contributed by atoms with Gasteiger partial charge in [-0.1, -0.05) is 25.1 Å². The maximum Gasteiger partial charge on any atom is 0.417 e. The van der Waals surface area contributed by atoms with E-state index in [-0.39, 0.29) is 17.9 Å². The third kappa shape index (κ3) is 3.84. The van der Waals surface area contributed by atoms with E-state index in [1.54, 1.807) is 6.92 Å². The van der Waals surface area contributed by atoms with Gasteiger partial charge in [0.2, 0.25) is 0 Å². The number of hydrogen-bond acceptors (Lipinski definition) is 2. The highest BCUT2D eigenvalue weighted by Gasteiger charge is 2.34. The fourth-order valence-corrected chi connectivity index (χ4v) is 1.74. The van der Waals surface area contributed by atoms with Crippen molar-refractivity contribution in [1.29, 1.82) is 0 Å². The van der Waals surface area contributed by atoms with Crippen molar-refractivity contribution in [2.24, 2.45) is 5.92 Å². The second kappa shape index (κ2) is 6.00. The summed E-state index contributed by atoms with van der Waals surface area (Å²) >= 11 is 0. The van der Waals surface area contributed by atoms with Gasteiger partial charge in [0.25, 0.3) is 0 Å². The summed E-state index contributed by atoms with van der Waals surface area (Å²) in [7, 11) is 1.49. The van der Waals surface area contributed by atoms with Crippen molar-refractivity contribution in [3.8, 4) is 0 Å². The normalized spacial score (nSPS) is 13.4. The number of hydrogen-bond donors (Lipinski definition) is 0. The van der Waals surface area contributed by atoms with Crippen LogP contribution in [0, 0.1) is 5.92 Å². The Morgan fingerprint density at radius 2 is 1.94 bits per heavy atom. The largest absolute Gasteiger partial charge is 0.417 e. The Balaban J connectivity index is 2.93. The number of rotatable bonds is 5. The Labute approximate surface area is 104 Å². The third-order valence-corrected chi connectivity index (χ3v) is 2.52. The molecule has 0 aliphatic rings. The molecular formula is C13H15F3O2. The summed E-state index contributed by atoms with van der Waals surface area (Å²) in [5, 5.41) is 0. The number of carbonyl (C=O) groups is 1. The van der Waals surface area contributed by atoms with Crippen LogP contribution in [0.4, 0.5) is 13.2 Å². The van der Waals surface area contributed by atoms with E-state index in [1.165, 1.54) is 25.3 Å². The number of halogens is 3. The van der Waals surface area contributed by atoms with Crippen LogP contribution in [0.25, 0.3) is 0 Å². The van der Waals surface area contributed by atoms with Crippen molar-refractivity contribution in [2.75, 3.05) is 13.7 Å². The van der Waals surface area contributed by atoms with E-state index in [0.29, 0.717) is 6.61 Å². The van der Waals surface area contributed by atoms with Gasteiger partial charge in [0.15, 0.2) is 5.78 Å². The van der Waals surface area contributed by atoms with Crippen LogP contribution >= 0.6 is 0 Å². The molecule has 0 bridgehead atoms. The Kier molecular flexibility index (Phi) is 4.90. The standard InChI is InChI=1S/C13H15F3O2/c1-9(8-18-2)7-12(17)10-5-3-4-6-11(10)13(14,15)16/h3-6,9H,7-8H2,1-2H3. The molecule has 18 heavy (non-hydrogen) atoms. The fourth-order valence-electron chi connectivity index (χ4n) is 1.74. The summed E-state index contributed by atoms with van der Waals surface area (Å²) in [5.74, 6) is -0.615. The molecule has 0 amide bonds. The van der Waals surface area contributed by atoms with Gasteiger partial charge in [0, 0.05) is 25.7 Å². The molecule has 0 aliphatic heterocycles. The van der Waals surface area contributed by atoms with E-state index in [2.05, 4.69) is 0 Å². The molecule has 0 spiro atoms. The van der Waals surface area contributed by atoms with Crippen molar-refractivity contribution in [1.82, 2.24) is 0 Å². The van der Waals surface area contributed by atoms with Gasteiger partial charge in [0.05, 0.1) is 5.56 Å². The van der Waals surface area contributed by atoms with Gasteiger partial charge in [-0.05, 0) is 12.0 Å². The van der Waals surface area contributed by atoms with E-state index in [1.807, 2.05) is 0 Å². The van der Waals surface area contributed by atoms with Crippen LogP contribution in [0.1, 0.15) is 29.3 Å². The quantitative estimate of drug-likeness (QED) is 0.757. The predicted octanol–water partition coefficient (Wildman–Crippen LogP) is 3.56. The molecule has 0 aromatic heterocycles. The summed E-state index contributed by atoms with van der Waals surface area (Å²) < 4.78 is 43.0. The van der Waals surface area contributed by atoms with Crippen molar-refractivity contribution in [3.63, 3.8) is 0 Å². The molecule has 5 heteroatoms. The Bertz CT molecular complexity index is 413. The van der Waals surface area contributed by atoms with Gasteiger partial charge in [-0.3, -0.25) is 4.79 Å². The highest BCUT2D eigenvalue weighted by atomic mass is 19.4. The minimum absolute atomic E-state index is 0.0426. The lowest BCUT2D eigenvalue weighted by molar-refractivity contribution is -0.137. The number of alkyl halides is 3. The molecule has 0 heterocycles. The monoisotopic (exact) mass is 260 g/mol. The average molecular weight is 260 g/mol. The van der Waals surface area contributed by atoms with E-state index in [0.717, 1.165) is 6.07 Å². The molecule has 1 unspecified atom stereocenters. The average Bonchev–Trinajstić information content (AvgIpc) is 2.28. The zero-order valence-corrected chi connectivity index (χ0v) is 10.3. The molecule has 1 aromatic rings. The molecule has 0 radical (unpaired) electrons. The molecule has 1 aromatic carbocycles. The maximum atomic E-state index is 12.7. The van der Waals surface area contributed by atoms with Crippen molar-refractivity contribution in [3.05, 3.63) is 35.4 Å². The Morgan fingerprint density at radius 3 is 2.50 bits per heavy atom. The highest BCUT2D eigenvalue weighted by Crippen LogP contribution is 2.32. The predicted molar refractivity (Wildman–Crippen MR) is 61.4 cm³/mol. The number of methoxy groups -OCH3 is 1. The minimum atomic E-state index is -4.50. The van der Waals surface area contributed by atoms with Gasteiger partial charge in [-0.15, -0.1) is 0 Å². The van der Waals surface area contributed by atoms with Gasteiger partial charge < -0.3 is 4.74 Å². The Morgan fingerprint density at radius 1 is 1.33 bits per heavy atom. The molecule has 1 atom stereocenters. The van der Waals surface area contributed by atoms with Crippen LogP contribution in [0.5, 0.6) is 0 Å². The number of ketones is 1. The van der Waals surface area contributed by atoms with Crippen molar-refractivity contribution in [2.45, 2.75) is 19.5 Å². The van der Waals surface area contributed by atoms with E-state index < -0.39 is 17.5 Å². The maximum absolute atomic E-state index is 12.7. The first kappa shape index (κ1) is 14.7. The molecule has 0 saturated carbocycles. The van der Waals surface area contributed by atoms with Crippen LogP contribution in [0.3, 0.4) is 0 Å². The highest BCUT2D eigenvalue weighted by molar-refractivity contribution is 5.97. The summed E-state index contributed by atoms with van der Waals surface area (Å²) in [6.45, 7) is 2.11. The smallest absolute Gasteiger partial charge is 0.384 e. The zero-order valence-electron chi connectivity index (χ0n) is 10.3. The first-order valence-electron chi connectivity index (χ1n) is 5.54. The SMILES string of the molecule is COCC(C)CC(=O)c1ccccc1C(F)(F)F. The second-order valence-electron chi connectivity index (χ2n) is 4.23. The van der Waals surface area contributed by atoms with E-state index >= 15 is 0 Å². The summed E-state index contributed by atoms with van der Waals surface area (Å²) in [5.41, 5.74) is -1.15. The van der Waals surface area contributed by atoms with Gasteiger partial charge in [0.1, 0.15) is 0 Å². The first-order chi connectivity index (χ1) is 8.36. The molecule has 0 saturated heterocycles. The molecular weight excluding hydrogens is 245 g/mol. The topological polar surface area (TPSA) is 26.3 Å². The summed E-state index contributed by atoms with van der Waals surface area (Å²) in [6, 6.07) is 4.85. The lowest BCUT2D eigenvalue weighted by Gasteiger charge is -2.13. The number of Topliss-reactive ketones (excluding diaryl/α,β-unsaturated/α-hetero) is 1. The lowest BCUT2D eigenvalue weighted by atomic mass is 9.96. The molecule has 1 rings (SSSR count). The molecule has 0 aliphatic carbocycles. The van der Waals surface area contributed by atoms with Gasteiger partial charge >= 0.3 is 6.18 Å². The minimum Gasteiger partial charge on any atom is -0.384 e. The zero-order chi connectivity index (χ0) is 13.8. The van der Waals surface area contributed by atoms with Gasteiger partial charge in [-0.25, -0.2) is 0 Å². The second-order valence-corrected chi connectivity index (χ2v) is 4.23. The Hall–Kier alpha value is -1.36. The molecule has 0 N–H and O–H groups in total. The van der Waals surface area contributed by atoms with Crippen LogP contribution in [-0.2, 0) is 10.9 Å². The van der Waals surface area contributed by atoms with Crippen molar-refractivity contribution >= 4 is 5.78 Å². The van der Waals surface area contributed by atoms with Crippen LogP contribution in [0.15, 0.2) is 24.3 Å². The third-order valence-electron chi connectivity index (χ3n) is 2.52. The van der Waals surface area contributed by atoms with E-state index in [4.69, 9.17) is 4.74 Å². The summed E-state index contributed by atoms with van der Waals surface area (Å²) in [4.78, 5) is 11.8. The van der Waals surface area contributed by atoms with Crippen molar-refractivity contribution < 1.29 is 22.7 Å². The fraction of sp³-hybridized carbons (Fsp3) is 0.462. The summed E-state index contributed by atoms with van der Waals surface area (Å²) in [6.07, 6.45) is -4.46. The first-order valence-corrected chi connectivity index (χ1v) is 5.54. The van der Waals surface area contributed by atoms with Crippen LogP contribution in [-0.4, -0.2) is 19.5 Å². The lowest BCUT2D eigenvalue weighted by Crippen LogP contribution is -2.16. The molecule has 2 nitrogen and oxygen atoms in total. The molecule has 0 fully saturated rings.